The second kappa shape index (κ2) is 9.19. The highest BCUT2D eigenvalue weighted by Crippen LogP contribution is 2.67. The highest BCUT2D eigenvalue weighted by molar-refractivity contribution is 7.66. The third kappa shape index (κ3) is 5.62. The van der Waals surface area contributed by atoms with Crippen LogP contribution in [0.25, 0.3) is 11.2 Å². The summed E-state index contributed by atoms with van der Waals surface area (Å²) in [6, 6.07) is -0.595. The molecular formula is C14H20ClN4O11P3. The number of aromatic nitrogens is 4. The first-order chi connectivity index (χ1) is 15.1. The third-order valence-corrected chi connectivity index (χ3v) is 9.40. The Balaban J connectivity index is 1.82. The molecule has 33 heavy (non-hydrogen) atoms. The van der Waals surface area contributed by atoms with E-state index in [1.165, 1.54) is 12.7 Å². The van der Waals surface area contributed by atoms with Crippen LogP contribution in [0.5, 0.6) is 0 Å². The van der Waals surface area contributed by atoms with Gasteiger partial charge in [-0.1, -0.05) is 6.58 Å². The molecule has 0 aromatic carbocycles. The molecule has 0 radical (unpaired) electrons. The van der Waals surface area contributed by atoms with Gasteiger partial charge in [0.05, 0.1) is 36.2 Å². The van der Waals surface area contributed by atoms with Crippen molar-refractivity contribution in [3.63, 3.8) is 0 Å². The van der Waals surface area contributed by atoms with E-state index in [-0.39, 0.29) is 12.3 Å². The van der Waals surface area contributed by atoms with Crippen molar-refractivity contribution in [2.45, 2.75) is 25.5 Å². The normalized spacial score (nSPS) is 27.5. The van der Waals surface area contributed by atoms with E-state index in [0.29, 0.717) is 22.4 Å². The minimum absolute atomic E-state index is 0.0554. The smallest absolute Gasteiger partial charge is 0.392 e. The van der Waals surface area contributed by atoms with E-state index in [9.17, 15) is 28.6 Å². The van der Waals surface area contributed by atoms with E-state index in [1.807, 2.05) is 0 Å². The minimum atomic E-state index is -5.69. The molecule has 5 N–H and O–H groups in total. The number of nitrogens with zero attached hydrogens (tertiary/aromatic N) is 4. The zero-order valence-corrected chi connectivity index (χ0v) is 20.3. The first-order valence-corrected chi connectivity index (χ1v) is 14.0. The summed E-state index contributed by atoms with van der Waals surface area (Å²) in [5.74, 6) is -0.333. The lowest BCUT2D eigenvalue weighted by atomic mass is 9.83. The number of phosphoric acid groups is 3. The van der Waals surface area contributed by atoms with Crippen molar-refractivity contribution in [1.29, 1.82) is 0 Å². The number of fused-ring (bicyclic) bond motifs is 1. The quantitative estimate of drug-likeness (QED) is 0.170. The van der Waals surface area contributed by atoms with Gasteiger partial charge in [-0.3, -0.25) is 4.52 Å². The predicted octanol–water partition coefficient (Wildman–Crippen LogP) is 1.57. The number of imidazole rings is 1. The molecule has 15 nitrogen and oxygen atoms in total. The van der Waals surface area contributed by atoms with Gasteiger partial charge in [-0.15, -0.1) is 11.6 Å². The van der Waals surface area contributed by atoms with E-state index in [1.54, 1.807) is 11.5 Å². The Labute approximate surface area is 191 Å². The molecule has 2 heterocycles. The molecule has 1 aliphatic rings. The van der Waals surface area contributed by atoms with Crippen LogP contribution in [0.3, 0.4) is 0 Å². The molecule has 1 saturated carbocycles. The second-order valence-electron chi connectivity index (χ2n) is 7.23. The first-order valence-electron chi connectivity index (χ1n) is 8.96. The maximum atomic E-state index is 12.1. The summed E-state index contributed by atoms with van der Waals surface area (Å²) in [4.78, 5) is 48.8. The molecule has 5 atom stereocenters. The number of halogens is 1. The summed E-state index contributed by atoms with van der Waals surface area (Å²) in [7, 11) is -16.6. The molecule has 0 aliphatic heterocycles. The van der Waals surface area contributed by atoms with Crippen LogP contribution in [0.2, 0.25) is 0 Å². The fraction of sp³-hybridized carbons (Fsp3) is 0.500. The van der Waals surface area contributed by atoms with Gasteiger partial charge in [0, 0.05) is 5.88 Å². The van der Waals surface area contributed by atoms with Crippen molar-refractivity contribution < 1.29 is 51.5 Å². The third-order valence-electron chi connectivity index (χ3n) is 5.14. The van der Waals surface area contributed by atoms with Gasteiger partial charge in [-0.25, -0.2) is 28.6 Å². The Kier molecular flexibility index (Phi) is 7.40. The standard InChI is InChI=1S/C14H20ClN4O11P3/c1-8-10(19-7-18-12-9(2)16-6-17-13(12)19)3-11(20)14(8,4-15)5-28-32(24,25)30-33(26,27)29-31(21,22)23/h6-7,10-11,20H,1,3-5H2,2H3,(H,24,25)(H,26,27)(H2,21,22,23)/t10-,11-,14-/m0/s1. The Morgan fingerprint density at radius 3 is 2.45 bits per heavy atom. The van der Waals surface area contributed by atoms with E-state index in [2.05, 4.69) is 30.2 Å². The number of rotatable bonds is 9. The monoisotopic (exact) mass is 548 g/mol. The fourth-order valence-corrected chi connectivity index (χ4v) is 7.02. The van der Waals surface area contributed by atoms with Crippen molar-refractivity contribution in [1.82, 2.24) is 19.5 Å². The number of aryl methyl sites for hydroxylation is 1. The van der Waals surface area contributed by atoms with Crippen LogP contribution in [0.1, 0.15) is 18.2 Å². The van der Waals surface area contributed by atoms with E-state index in [0.717, 1.165) is 0 Å². The highest BCUT2D eigenvalue weighted by Gasteiger charge is 2.52. The average Bonchev–Trinajstić information content (AvgIpc) is 3.18. The number of hydrogen-bond donors (Lipinski definition) is 5. The molecule has 0 bridgehead atoms. The van der Waals surface area contributed by atoms with Crippen molar-refractivity contribution in [3.8, 4) is 0 Å². The van der Waals surface area contributed by atoms with Gasteiger partial charge < -0.3 is 29.2 Å². The number of phosphoric ester groups is 1. The summed E-state index contributed by atoms with van der Waals surface area (Å²) in [6.07, 6.45) is 1.63. The zero-order valence-electron chi connectivity index (χ0n) is 16.8. The van der Waals surface area contributed by atoms with Crippen molar-refractivity contribution in [2.24, 2.45) is 5.41 Å². The van der Waals surface area contributed by atoms with Crippen LogP contribution in [-0.4, -0.2) is 62.8 Å². The maximum Gasteiger partial charge on any atom is 0.490 e. The van der Waals surface area contributed by atoms with E-state index >= 15 is 0 Å². The summed E-state index contributed by atoms with van der Waals surface area (Å²) in [5, 5.41) is 10.8. The number of aliphatic hydroxyl groups excluding tert-OH is 1. The largest absolute Gasteiger partial charge is 0.490 e. The van der Waals surface area contributed by atoms with Crippen LogP contribution < -0.4 is 0 Å². The van der Waals surface area contributed by atoms with E-state index in [4.69, 9.17) is 25.9 Å². The lowest BCUT2D eigenvalue weighted by molar-refractivity contribution is 0.0390. The highest BCUT2D eigenvalue weighted by atomic mass is 35.5. The van der Waals surface area contributed by atoms with E-state index < -0.39 is 47.6 Å². The molecule has 2 unspecified atom stereocenters. The van der Waals surface area contributed by atoms with Crippen LogP contribution in [0.4, 0.5) is 0 Å². The van der Waals surface area contributed by atoms with Gasteiger partial charge >= 0.3 is 23.5 Å². The van der Waals surface area contributed by atoms with Crippen LogP contribution >= 0.6 is 35.1 Å². The average molecular weight is 549 g/mol. The lowest BCUT2D eigenvalue weighted by Gasteiger charge is -2.32. The molecule has 2 aromatic rings. The molecule has 1 fully saturated rings. The summed E-state index contributed by atoms with van der Waals surface area (Å²) in [5.41, 5.74) is 0.393. The van der Waals surface area contributed by atoms with Gasteiger partial charge in [0.1, 0.15) is 11.8 Å². The first kappa shape index (κ1) is 26.6. The lowest BCUT2D eigenvalue weighted by Crippen LogP contribution is -2.38. The number of hydrogen-bond acceptors (Lipinski definition) is 10. The summed E-state index contributed by atoms with van der Waals surface area (Å²) < 4.78 is 48.1. The molecule has 1 aliphatic carbocycles. The van der Waals surface area contributed by atoms with Crippen molar-refractivity contribution >= 4 is 46.2 Å². The molecule has 184 valence electrons. The SMILES string of the molecule is C=C1[C@@H](n2cnc3c(C)ncnc32)C[C@H](O)[C@@]1(CCl)COP(=O)(O)OP(=O)(O)OP(=O)(O)O. The summed E-state index contributed by atoms with van der Waals surface area (Å²) >= 11 is 6.08. The van der Waals surface area contributed by atoms with Gasteiger partial charge in [0.25, 0.3) is 0 Å². The molecule has 0 saturated heterocycles. The van der Waals surface area contributed by atoms with Crippen LogP contribution in [0, 0.1) is 12.3 Å². The zero-order chi connectivity index (χ0) is 24.8. The van der Waals surface area contributed by atoms with Crippen molar-refractivity contribution in [3.05, 3.63) is 30.5 Å². The molecular weight excluding hydrogens is 529 g/mol. The van der Waals surface area contributed by atoms with Gasteiger partial charge in [-0.2, -0.15) is 8.62 Å². The number of aliphatic hydroxyl groups is 1. The molecule has 3 rings (SSSR count). The molecule has 0 amide bonds. The van der Waals surface area contributed by atoms with Crippen molar-refractivity contribution in [2.75, 3.05) is 12.5 Å². The molecule has 19 heteroatoms. The maximum absolute atomic E-state index is 12.1. The predicted molar refractivity (Wildman–Crippen MR) is 112 cm³/mol. The number of alkyl halides is 1. The Morgan fingerprint density at radius 1 is 1.18 bits per heavy atom. The van der Waals surface area contributed by atoms with Gasteiger partial charge in [0.2, 0.25) is 0 Å². The van der Waals surface area contributed by atoms with Gasteiger partial charge in [-0.05, 0) is 18.9 Å². The molecule has 2 aromatic heterocycles. The second-order valence-corrected chi connectivity index (χ2v) is 11.9. The molecule has 0 spiro atoms. The van der Waals surface area contributed by atoms with Crippen LogP contribution in [-0.2, 0) is 26.8 Å². The van der Waals surface area contributed by atoms with Gasteiger partial charge in [0.15, 0.2) is 5.65 Å². The topological polar surface area (TPSA) is 224 Å². The Hall–Kier alpha value is -1.05. The fourth-order valence-electron chi connectivity index (χ4n) is 3.51. The summed E-state index contributed by atoms with van der Waals surface area (Å²) in [6.45, 7) is 4.91. The Morgan fingerprint density at radius 2 is 1.85 bits per heavy atom. The van der Waals surface area contributed by atoms with Crippen LogP contribution in [0.15, 0.2) is 24.8 Å². The minimum Gasteiger partial charge on any atom is -0.392 e. The Bertz CT molecular complexity index is 1220.